The van der Waals surface area contributed by atoms with Gasteiger partial charge in [0.15, 0.2) is 0 Å². The average Bonchev–Trinajstić information content (AvgIpc) is 2.28. The van der Waals surface area contributed by atoms with E-state index in [1.807, 2.05) is 31.2 Å². The van der Waals surface area contributed by atoms with Gasteiger partial charge in [-0.25, -0.2) is 0 Å². The average molecular weight is 210 g/mol. The van der Waals surface area contributed by atoms with Crippen LogP contribution in [0, 0.1) is 6.92 Å². The number of aliphatic hydroxyl groups is 2. The number of hydrogen-bond donors (Lipinski definition) is 2. The largest absolute Gasteiger partial charge is 0.393 e. The van der Waals surface area contributed by atoms with Crippen molar-refractivity contribution in [2.75, 3.05) is 13.2 Å². The van der Waals surface area contributed by atoms with Gasteiger partial charge in [0.05, 0.1) is 19.8 Å². The van der Waals surface area contributed by atoms with Crippen LogP contribution >= 0.6 is 0 Å². The predicted octanol–water partition coefficient (Wildman–Crippen LogP) is 1.25. The molecule has 2 N–H and O–H groups in total. The molecule has 0 spiro atoms. The van der Waals surface area contributed by atoms with Crippen molar-refractivity contribution in [3.05, 3.63) is 35.4 Å². The maximum atomic E-state index is 9.05. The highest BCUT2D eigenvalue weighted by molar-refractivity contribution is 5.24. The Morgan fingerprint density at radius 1 is 1.20 bits per heavy atom. The van der Waals surface area contributed by atoms with Crippen LogP contribution in [0.15, 0.2) is 24.3 Å². The summed E-state index contributed by atoms with van der Waals surface area (Å²) in [6.07, 6.45) is 0. The van der Waals surface area contributed by atoms with Gasteiger partial charge in [0.1, 0.15) is 5.60 Å². The molecule has 0 aromatic heterocycles. The molecule has 0 saturated carbocycles. The normalized spacial score (nSPS) is 11.7. The van der Waals surface area contributed by atoms with Crippen LogP contribution in [0.5, 0.6) is 0 Å². The van der Waals surface area contributed by atoms with E-state index in [0.29, 0.717) is 6.61 Å². The number of aryl methyl sites for hydroxylation is 1. The van der Waals surface area contributed by atoms with Crippen molar-refractivity contribution in [2.45, 2.75) is 26.1 Å². The minimum atomic E-state index is -0.859. The Morgan fingerprint density at radius 2 is 1.80 bits per heavy atom. The second-order valence-corrected chi connectivity index (χ2v) is 3.98. The number of ether oxygens (including phenoxy) is 1. The number of aliphatic hydroxyl groups excluding tert-OH is 2. The summed E-state index contributed by atoms with van der Waals surface area (Å²) in [5.41, 5.74) is 1.36. The summed E-state index contributed by atoms with van der Waals surface area (Å²) >= 11 is 0. The molecule has 0 aliphatic rings. The van der Waals surface area contributed by atoms with Gasteiger partial charge in [-0.3, -0.25) is 0 Å². The van der Waals surface area contributed by atoms with Crippen molar-refractivity contribution in [3.8, 4) is 0 Å². The van der Waals surface area contributed by atoms with Gasteiger partial charge in [-0.2, -0.15) is 0 Å². The van der Waals surface area contributed by atoms with E-state index in [0.717, 1.165) is 11.1 Å². The molecular formula is C12H18O3. The van der Waals surface area contributed by atoms with Crippen molar-refractivity contribution in [1.82, 2.24) is 0 Å². The summed E-state index contributed by atoms with van der Waals surface area (Å²) in [7, 11) is 0. The Hall–Kier alpha value is -0.900. The zero-order valence-electron chi connectivity index (χ0n) is 9.23. The third kappa shape index (κ3) is 3.30. The van der Waals surface area contributed by atoms with E-state index in [4.69, 9.17) is 14.9 Å². The van der Waals surface area contributed by atoms with Crippen molar-refractivity contribution >= 4 is 0 Å². The van der Waals surface area contributed by atoms with Gasteiger partial charge in [0.2, 0.25) is 0 Å². The molecule has 84 valence electrons. The molecule has 3 heteroatoms. The van der Waals surface area contributed by atoms with Crippen molar-refractivity contribution in [2.24, 2.45) is 0 Å². The first kappa shape index (κ1) is 12.2. The minimum absolute atomic E-state index is 0.185. The summed E-state index contributed by atoms with van der Waals surface area (Å²) in [4.78, 5) is 0. The monoisotopic (exact) mass is 210 g/mol. The molecule has 0 unspecified atom stereocenters. The molecule has 0 amide bonds. The van der Waals surface area contributed by atoms with Crippen molar-refractivity contribution in [1.29, 1.82) is 0 Å². The lowest BCUT2D eigenvalue weighted by atomic mass is 10.1. The van der Waals surface area contributed by atoms with Gasteiger partial charge in [0, 0.05) is 0 Å². The van der Waals surface area contributed by atoms with Crippen LogP contribution in [0.2, 0.25) is 0 Å². The van der Waals surface area contributed by atoms with Crippen molar-refractivity contribution < 1.29 is 14.9 Å². The molecular weight excluding hydrogens is 192 g/mol. The molecule has 1 rings (SSSR count). The molecule has 0 fully saturated rings. The lowest BCUT2D eigenvalue weighted by Gasteiger charge is -2.25. The molecule has 3 nitrogen and oxygen atoms in total. The first-order valence-corrected chi connectivity index (χ1v) is 5.01. The van der Waals surface area contributed by atoms with E-state index >= 15 is 0 Å². The van der Waals surface area contributed by atoms with Gasteiger partial charge >= 0.3 is 0 Å². The van der Waals surface area contributed by atoms with E-state index in [9.17, 15) is 0 Å². The Balaban J connectivity index is 2.61. The molecule has 0 heterocycles. The molecule has 1 aromatic rings. The SMILES string of the molecule is Cc1ccccc1COC(C)(CO)CO. The first-order valence-electron chi connectivity index (χ1n) is 5.01. The molecule has 1 aromatic carbocycles. The molecule has 0 atom stereocenters. The standard InChI is InChI=1S/C12H18O3/c1-10-5-3-4-6-11(10)7-15-12(2,8-13)9-14/h3-6,13-14H,7-9H2,1-2H3. The van der Waals surface area contributed by atoms with Crippen LogP contribution in [0.3, 0.4) is 0 Å². The Morgan fingerprint density at radius 3 is 2.33 bits per heavy atom. The fourth-order valence-corrected chi connectivity index (χ4v) is 1.17. The van der Waals surface area contributed by atoms with Crippen LogP contribution in [0.1, 0.15) is 18.1 Å². The van der Waals surface area contributed by atoms with Crippen LogP contribution in [0.4, 0.5) is 0 Å². The van der Waals surface area contributed by atoms with Gasteiger partial charge in [0.25, 0.3) is 0 Å². The van der Waals surface area contributed by atoms with Gasteiger partial charge in [-0.15, -0.1) is 0 Å². The molecule has 0 aliphatic heterocycles. The van der Waals surface area contributed by atoms with Crippen LogP contribution in [-0.2, 0) is 11.3 Å². The zero-order chi connectivity index (χ0) is 11.3. The third-order valence-electron chi connectivity index (χ3n) is 2.51. The summed E-state index contributed by atoms with van der Waals surface area (Å²) in [5, 5.41) is 18.1. The van der Waals surface area contributed by atoms with Crippen LogP contribution in [-0.4, -0.2) is 29.0 Å². The number of rotatable bonds is 5. The highest BCUT2D eigenvalue weighted by atomic mass is 16.5. The van der Waals surface area contributed by atoms with E-state index in [-0.39, 0.29) is 13.2 Å². The predicted molar refractivity (Wildman–Crippen MR) is 58.5 cm³/mol. The Kier molecular flexibility index (Phi) is 4.27. The lowest BCUT2D eigenvalue weighted by molar-refractivity contribution is -0.104. The minimum Gasteiger partial charge on any atom is -0.393 e. The summed E-state index contributed by atoms with van der Waals surface area (Å²) in [6, 6.07) is 7.90. The summed E-state index contributed by atoms with van der Waals surface area (Å²) < 4.78 is 5.49. The molecule has 0 bridgehead atoms. The second kappa shape index (κ2) is 5.26. The Labute approximate surface area is 90.3 Å². The van der Waals surface area contributed by atoms with Gasteiger partial charge in [-0.1, -0.05) is 24.3 Å². The number of hydrogen-bond acceptors (Lipinski definition) is 3. The van der Waals surface area contributed by atoms with Crippen LogP contribution in [0.25, 0.3) is 0 Å². The van der Waals surface area contributed by atoms with Gasteiger partial charge < -0.3 is 14.9 Å². The fraction of sp³-hybridized carbons (Fsp3) is 0.500. The van der Waals surface area contributed by atoms with E-state index in [1.165, 1.54) is 0 Å². The zero-order valence-corrected chi connectivity index (χ0v) is 9.23. The van der Waals surface area contributed by atoms with Gasteiger partial charge in [-0.05, 0) is 25.0 Å². The quantitative estimate of drug-likeness (QED) is 0.769. The highest BCUT2D eigenvalue weighted by Gasteiger charge is 2.23. The topological polar surface area (TPSA) is 49.7 Å². The summed E-state index contributed by atoms with van der Waals surface area (Å²) in [5.74, 6) is 0. The lowest BCUT2D eigenvalue weighted by Crippen LogP contribution is -2.37. The third-order valence-corrected chi connectivity index (χ3v) is 2.51. The Bertz CT molecular complexity index is 305. The first-order chi connectivity index (χ1) is 7.11. The van der Waals surface area contributed by atoms with E-state index < -0.39 is 5.60 Å². The number of benzene rings is 1. The van der Waals surface area contributed by atoms with E-state index in [2.05, 4.69) is 0 Å². The molecule has 0 radical (unpaired) electrons. The van der Waals surface area contributed by atoms with E-state index in [1.54, 1.807) is 6.92 Å². The maximum Gasteiger partial charge on any atom is 0.112 e. The second-order valence-electron chi connectivity index (χ2n) is 3.98. The fourth-order valence-electron chi connectivity index (χ4n) is 1.17. The summed E-state index contributed by atoms with van der Waals surface area (Å²) in [6.45, 7) is 3.73. The molecule has 0 aliphatic carbocycles. The highest BCUT2D eigenvalue weighted by Crippen LogP contribution is 2.14. The smallest absolute Gasteiger partial charge is 0.112 e. The van der Waals surface area contributed by atoms with Crippen molar-refractivity contribution in [3.63, 3.8) is 0 Å². The van der Waals surface area contributed by atoms with Crippen LogP contribution < -0.4 is 0 Å². The maximum absolute atomic E-state index is 9.05. The molecule has 0 saturated heterocycles. The molecule has 15 heavy (non-hydrogen) atoms.